The summed E-state index contributed by atoms with van der Waals surface area (Å²) in [6, 6.07) is 12.1. The Hall–Kier alpha value is -2.95. The highest BCUT2D eigenvalue weighted by molar-refractivity contribution is 7.89. The van der Waals surface area contributed by atoms with Crippen LogP contribution in [-0.2, 0) is 10.0 Å². The number of nitrogens with two attached hydrogens (primary N) is 2. The summed E-state index contributed by atoms with van der Waals surface area (Å²) < 4.78 is 23.4. The zero-order valence-corrected chi connectivity index (χ0v) is 14.7. The minimum Gasteiger partial charge on any atom is -0.368 e. The minimum atomic E-state index is -3.78. The van der Waals surface area contributed by atoms with E-state index in [0.717, 1.165) is 4.68 Å². The topological polar surface area (TPSA) is 146 Å². The molecule has 0 amide bonds. The highest BCUT2D eigenvalue weighted by Crippen LogP contribution is 2.20. The van der Waals surface area contributed by atoms with Crippen LogP contribution in [0, 0.1) is 0 Å². The molecule has 3 rings (SSSR count). The van der Waals surface area contributed by atoms with Crippen molar-refractivity contribution in [3.8, 4) is 0 Å². The van der Waals surface area contributed by atoms with Gasteiger partial charge in [0, 0.05) is 5.69 Å². The number of benzene rings is 2. The van der Waals surface area contributed by atoms with E-state index in [0.29, 0.717) is 5.69 Å². The summed E-state index contributed by atoms with van der Waals surface area (Å²) in [6.07, 6.45) is 0. The second-order valence-electron chi connectivity index (χ2n) is 5.18. The molecule has 1 aromatic heterocycles. The number of primary sulfonamides is 1. The molecule has 0 radical (unpaired) electrons. The average Bonchev–Trinajstić information content (AvgIpc) is 2.94. The maximum atomic E-state index is 12.5. The number of nitrogen functional groups attached to an aromatic ring is 1. The van der Waals surface area contributed by atoms with Crippen LogP contribution in [0.3, 0.4) is 0 Å². The predicted molar refractivity (Wildman–Crippen MR) is 96.7 cm³/mol. The predicted octanol–water partition coefficient (Wildman–Crippen LogP) is 1.59. The number of hydrogen-bond acceptors (Lipinski definition) is 7. The fraction of sp³-hybridized carbons (Fsp3) is 0. The molecule has 26 heavy (non-hydrogen) atoms. The first kappa shape index (κ1) is 17.9. The first-order chi connectivity index (χ1) is 12.3. The van der Waals surface area contributed by atoms with Gasteiger partial charge in [-0.15, -0.1) is 5.10 Å². The zero-order valence-electron chi connectivity index (χ0n) is 13.1. The van der Waals surface area contributed by atoms with Gasteiger partial charge in [-0.1, -0.05) is 23.7 Å². The number of carbonyl (C=O) groups excluding carboxylic acids is 1. The number of rotatable bonds is 4. The molecule has 0 fully saturated rings. The molecule has 134 valence electrons. The van der Waals surface area contributed by atoms with Crippen LogP contribution in [0.4, 0.5) is 17.6 Å². The van der Waals surface area contributed by atoms with E-state index < -0.39 is 15.9 Å². The minimum absolute atomic E-state index is 0.0325. The molecule has 0 aliphatic carbocycles. The van der Waals surface area contributed by atoms with Crippen LogP contribution in [0.15, 0.2) is 53.4 Å². The van der Waals surface area contributed by atoms with Crippen molar-refractivity contribution in [1.82, 2.24) is 14.8 Å². The fourth-order valence-electron chi connectivity index (χ4n) is 2.13. The van der Waals surface area contributed by atoms with E-state index in [-0.39, 0.29) is 27.4 Å². The van der Waals surface area contributed by atoms with Gasteiger partial charge in [0.1, 0.15) is 0 Å². The summed E-state index contributed by atoms with van der Waals surface area (Å²) in [5.74, 6) is -0.594. The van der Waals surface area contributed by atoms with Gasteiger partial charge in [0.2, 0.25) is 21.9 Å². The molecule has 1 heterocycles. The fourth-order valence-corrected chi connectivity index (χ4v) is 2.86. The van der Waals surface area contributed by atoms with E-state index in [2.05, 4.69) is 15.4 Å². The van der Waals surface area contributed by atoms with Gasteiger partial charge in [-0.05, 0) is 36.4 Å². The molecule has 0 aliphatic heterocycles. The molecule has 0 saturated heterocycles. The summed E-state index contributed by atoms with van der Waals surface area (Å²) in [5, 5.41) is 12.1. The van der Waals surface area contributed by atoms with Crippen molar-refractivity contribution in [2.45, 2.75) is 4.90 Å². The smallest absolute Gasteiger partial charge is 0.282 e. The number of sulfonamides is 1. The molecule has 0 atom stereocenters. The highest BCUT2D eigenvalue weighted by atomic mass is 35.5. The number of halogens is 1. The zero-order chi connectivity index (χ0) is 18.9. The van der Waals surface area contributed by atoms with Crippen LogP contribution in [0.25, 0.3) is 0 Å². The van der Waals surface area contributed by atoms with Crippen molar-refractivity contribution in [2.24, 2.45) is 5.14 Å². The van der Waals surface area contributed by atoms with Crippen molar-refractivity contribution in [3.63, 3.8) is 0 Å². The van der Waals surface area contributed by atoms with Gasteiger partial charge >= 0.3 is 0 Å². The SMILES string of the molecule is Nc1nc(Nc2ccc(S(N)(=O)=O)cc2)nn1C(=O)c1ccccc1Cl. The van der Waals surface area contributed by atoms with E-state index in [1.54, 1.807) is 24.3 Å². The third-order valence-electron chi connectivity index (χ3n) is 3.37. The van der Waals surface area contributed by atoms with E-state index in [1.807, 2.05) is 0 Å². The quantitative estimate of drug-likeness (QED) is 0.610. The Kier molecular flexibility index (Phi) is 4.64. The van der Waals surface area contributed by atoms with Crippen molar-refractivity contribution in [2.75, 3.05) is 11.1 Å². The normalized spacial score (nSPS) is 11.3. The summed E-state index contributed by atoms with van der Waals surface area (Å²) in [7, 11) is -3.78. The summed E-state index contributed by atoms with van der Waals surface area (Å²) in [6.45, 7) is 0. The van der Waals surface area contributed by atoms with Gasteiger partial charge in [0.25, 0.3) is 5.91 Å². The molecule has 0 bridgehead atoms. The van der Waals surface area contributed by atoms with Crippen LogP contribution in [0.5, 0.6) is 0 Å². The largest absolute Gasteiger partial charge is 0.368 e. The van der Waals surface area contributed by atoms with E-state index >= 15 is 0 Å². The second-order valence-corrected chi connectivity index (χ2v) is 7.15. The van der Waals surface area contributed by atoms with Crippen molar-refractivity contribution >= 4 is 45.1 Å². The summed E-state index contributed by atoms with van der Waals surface area (Å²) in [4.78, 5) is 16.4. The Labute approximate surface area is 153 Å². The number of hydrogen-bond donors (Lipinski definition) is 3. The number of anilines is 3. The monoisotopic (exact) mass is 392 g/mol. The number of nitrogens with zero attached hydrogens (tertiary/aromatic N) is 3. The maximum Gasteiger partial charge on any atom is 0.282 e. The molecular weight excluding hydrogens is 380 g/mol. The lowest BCUT2D eigenvalue weighted by molar-refractivity contribution is 0.0948. The number of nitrogens with one attached hydrogen (secondary N) is 1. The average molecular weight is 393 g/mol. The Balaban J connectivity index is 1.85. The van der Waals surface area contributed by atoms with Gasteiger partial charge < -0.3 is 11.1 Å². The lowest BCUT2D eigenvalue weighted by Gasteiger charge is -2.04. The Morgan fingerprint density at radius 3 is 2.38 bits per heavy atom. The van der Waals surface area contributed by atoms with Gasteiger partial charge in [-0.25, -0.2) is 13.6 Å². The molecule has 11 heteroatoms. The molecule has 0 unspecified atom stereocenters. The molecule has 2 aromatic carbocycles. The lowest BCUT2D eigenvalue weighted by Crippen LogP contribution is -2.16. The lowest BCUT2D eigenvalue weighted by atomic mass is 10.2. The van der Waals surface area contributed by atoms with Crippen molar-refractivity contribution in [3.05, 3.63) is 59.1 Å². The molecule has 9 nitrogen and oxygen atoms in total. The standard InChI is InChI=1S/C15H13ClN6O3S/c16-12-4-2-1-3-11(12)13(23)22-14(17)20-15(21-22)19-9-5-7-10(8-6-9)26(18,24)25/h1-8H,(H2,18,24,25)(H3,17,19,20,21). The van der Waals surface area contributed by atoms with Crippen molar-refractivity contribution < 1.29 is 13.2 Å². The van der Waals surface area contributed by atoms with Crippen molar-refractivity contribution in [1.29, 1.82) is 0 Å². The third kappa shape index (κ3) is 3.67. The second kappa shape index (κ2) is 6.75. The van der Waals surface area contributed by atoms with Crippen LogP contribution in [0.2, 0.25) is 5.02 Å². The Bertz CT molecular complexity index is 1080. The maximum absolute atomic E-state index is 12.5. The molecule has 0 saturated carbocycles. The molecule has 0 aliphatic rings. The van der Waals surface area contributed by atoms with Crippen LogP contribution in [-0.4, -0.2) is 29.1 Å². The first-order valence-electron chi connectivity index (χ1n) is 7.17. The van der Waals surface area contributed by atoms with Crippen LogP contribution < -0.4 is 16.2 Å². The van der Waals surface area contributed by atoms with Gasteiger partial charge in [0.05, 0.1) is 15.5 Å². The number of aromatic nitrogens is 3. The van der Waals surface area contributed by atoms with E-state index in [4.69, 9.17) is 22.5 Å². The summed E-state index contributed by atoms with van der Waals surface area (Å²) in [5.41, 5.74) is 6.47. The molecular formula is C15H13ClN6O3S. The molecule has 0 spiro atoms. The molecule has 5 N–H and O–H groups in total. The van der Waals surface area contributed by atoms with E-state index in [9.17, 15) is 13.2 Å². The van der Waals surface area contributed by atoms with E-state index in [1.165, 1.54) is 24.3 Å². The van der Waals surface area contributed by atoms with Gasteiger partial charge in [0.15, 0.2) is 0 Å². The van der Waals surface area contributed by atoms with Gasteiger partial charge in [-0.3, -0.25) is 4.79 Å². The third-order valence-corrected chi connectivity index (χ3v) is 4.63. The van der Waals surface area contributed by atoms with Gasteiger partial charge in [-0.2, -0.15) is 9.67 Å². The highest BCUT2D eigenvalue weighted by Gasteiger charge is 2.18. The first-order valence-corrected chi connectivity index (χ1v) is 9.10. The van der Waals surface area contributed by atoms with Crippen LogP contribution in [0.1, 0.15) is 10.4 Å². The molecule has 3 aromatic rings. The Morgan fingerprint density at radius 1 is 1.12 bits per heavy atom. The Morgan fingerprint density at radius 2 is 1.77 bits per heavy atom. The number of carbonyl (C=O) groups is 1. The summed E-state index contributed by atoms with van der Waals surface area (Å²) >= 11 is 6.01. The van der Waals surface area contributed by atoms with Crippen LogP contribution >= 0.6 is 11.6 Å².